The molecule has 0 aliphatic heterocycles. The fourth-order valence-electron chi connectivity index (χ4n) is 1.82. The largest absolute Gasteiger partial charge is 0.246 e. The first-order chi connectivity index (χ1) is 7.58. The molecule has 0 amide bonds. The summed E-state index contributed by atoms with van der Waals surface area (Å²) in [5, 5.41) is 1.14. The third kappa shape index (κ3) is 2.17. The highest BCUT2D eigenvalue weighted by Crippen LogP contribution is 2.30. The standard InChI is InChI=1S/C14H17NS/c1-9(2)12-5-7-13(8-6-12)14-10(3)15-11(4)16-14/h5-9H,1-4H3. The molecule has 84 valence electrons. The van der Waals surface area contributed by atoms with Gasteiger partial charge in [0.1, 0.15) is 0 Å². The van der Waals surface area contributed by atoms with Gasteiger partial charge >= 0.3 is 0 Å². The molecule has 0 saturated carbocycles. The van der Waals surface area contributed by atoms with Gasteiger partial charge in [-0.25, -0.2) is 4.98 Å². The SMILES string of the molecule is Cc1nc(C)c(-c2ccc(C(C)C)cc2)s1. The van der Waals surface area contributed by atoms with Crippen LogP contribution in [0, 0.1) is 13.8 Å². The molecular formula is C14H17NS. The Hall–Kier alpha value is -1.15. The van der Waals surface area contributed by atoms with E-state index in [1.54, 1.807) is 11.3 Å². The van der Waals surface area contributed by atoms with Gasteiger partial charge in [-0.1, -0.05) is 38.1 Å². The van der Waals surface area contributed by atoms with Gasteiger partial charge in [-0.05, 0) is 30.9 Å². The van der Waals surface area contributed by atoms with Crippen LogP contribution in [0.4, 0.5) is 0 Å². The zero-order valence-corrected chi connectivity index (χ0v) is 11.1. The van der Waals surface area contributed by atoms with Crippen molar-refractivity contribution in [1.29, 1.82) is 0 Å². The molecule has 1 nitrogen and oxygen atoms in total. The molecule has 0 aliphatic carbocycles. The molecule has 0 saturated heterocycles. The summed E-state index contributed by atoms with van der Waals surface area (Å²) in [6, 6.07) is 8.84. The molecule has 2 rings (SSSR count). The second-order valence-corrected chi connectivity index (χ2v) is 5.63. The molecule has 0 N–H and O–H groups in total. The molecule has 2 heteroatoms. The second-order valence-electron chi connectivity index (χ2n) is 4.42. The molecule has 0 spiro atoms. The van der Waals surface area contributed by atoms with E-state index in [0.29, 0.717) is 5.92 Å². The van der Waals surface area contributed by atoms with E-state index in [-0.39, 0.29) is 0 Å². The average molecular weight is 231 g/mol. The zero-order chi connectivity index (χ0) is 11.7. The van der Waals surface area contributed by atoms with E-state index in [1.807, 2.05) is 0 Å². The Morgan fingerprint density at radius 2 is 1.69 bits per heavy atom. The van der Waals surface area contributed by atoms with Crippen LogP contribution in [0.1, 0.15) is 36.0 Å². The normalized spacial score (nSPS) is 11.1. The molecule has 16 heavy (non-hydrogen) atoms. The Morgan fingerprint density at radius 3 is 2.12 bits per heavy atom. The number of hydrogen-bond acceptors (Lipinski definition) is 2. The maximum Gasteiger partial charge on any atom is 0.0903 e. The van der Waals surface area contributed by atoms with Crippen LogP contribution >= 0.6 is 11.3 Å². The van der Waals surface area contributed by atoms with Gasteiger partial charge in [-0.15, -0.1) is 11.3 Å². The molecular weight excluding hydrogens is 214 g/mol. The van der Waals surface area contributed by atoms with Crippen molar-refractivity contribution in [1.82, 2.24) is 4.98 Å². The first-order valence-electron chi connectivity index (χ1n) is 5.62. The van der Waals surface area contributed by atoms with Crippen molar-refractivity contribution >= 4 is 11.3 Å². The summed E-state index contributed by atoms with van der Waals surface area (Å²) >= 11 is 1.77. The van der Waals surface area contributed by atoms with Crippen LogP contribution in [-0.4, -0.2) is 4.98 Å². The van der Waals surface area contributed by atoms with Crippen LogP contribution in [0.2, 0.25) is 0 Å². The minimum atomic E-state index is 0.596. The highest BCUT2D eigenvalue weighted by atomic mass is 32.1. The molecule has 1 aromatic carbocycles. The van der Waals surface area contributed by atoms with E-state index in [0.717, 1.165) is 10.7 Å². The summed E-state index contributed by atoms with van der Waals surface area (Å²) in [6.07, 6.45) is 0. The van der Waals surface area contributed by atoms with Crippen molar-refractivity contribution in [2.75, 3.05) is 0 Å². The van der Waals surface area contributed by atoms with Crippen molar-refractivity contribution in [2.45, 2.75) is 33.6 Å². The summed E-state index contributed by atoms with van der Waals surface area (Å²) in [4.78, 5) is 5.76. The minimum Gasteiger partial charge on any atom is -0.246 e. The molecule has 2 aromatic rings. The summed E-state index contributed by atoms with van der Waals surface area (Å²) < 4.78 is 0. The number of aromatic nitrogens is 1. The van der Waals surface area contributed by atoms with Crippen LogP contribution in [0.25, 0.3) is 10.4 Å². The van der Waals surface area contributed by atoms with Crippen molar-refractivity contribution in [3.63, 3.8) is 0 Å². The van der Waals surface area contributed by atoms with Crippen LogP contribution in [0.15, 0.2) is 24.3 Å². The molecule has 0 atom stereocenters. The van der Waals surface area contributed by atoms with Gasteiger partial charge in [0.15, 0.2) is 0 Å². The number of aryl methyl sites for hydroxylation is 2. The number of benzene rings is 1. The van der Waals surface area contributed by atoms with E-state index < -0.39 is 0 Å². The van der Waals surface area contributed by atoms with Gasteiger partial charge in [0.05, 0.1) is 15.6 Å². The lowest BCUT2D eigenvalue weighted by molar-refractivity contribution is 0.867. The Bertz CT molecular complexity index is 480. The fourth-order valence-corrected chi connectivity index (χ4v) is 2.74. The summed E-state index contributed by atoms with van der Waals surface area (Å²) in [5.41, 5.74) is 3.81. The number of thiazole rings is 1. The van der Waals surface area contributed by atoms with Gasteiger partial charge in [-0.2, -0.15) is 0 Å². The molecule has 1 aromatic heterocycles. The van der Waals surface area contributed by atoms with Crippen LogP contribution in [0.5, 0.6) is 0 Å². The molecule has 1 heterocycles. The van der Waals surface area contributed by atoms with Crippen LogP contribution < -0.4 is 0 Å². The molecule has 0 radical (unpaired) electrons. The van der Waals surface area contributed by atoms with Crippen molar-refractivity contribution in [2.24, 2.45) is 0 Å². The van der Waals surface area contributed by atoms with E-state index in [9.17, 15) is 0 Å². The highest BCUT2D eigenvalue weighted by molar-refractivity contribution is 7.15. The molecule has 0 unspecified atom stereocenters. The second kappa shape index (κ2) is 4.38. The first-order valence-corrected chi connectivity index (χ1v) is 6.44. The monoisotopic (exact) mass is 231 g/mol. The zero-order valence-electron chi connectivity index (χ0n) is 10.2. The number of hydrogen-bond donors (Lipinski definition) is 0. The maximum absolute atomic E-state index is 4.46. The van der Waals surface area contributed by atoms with Crippen molar-refractivity contribution in [3.8, 4) is 10.4 Å². The third-order valence-electron chi connectivity index (χ3n) is 2.74. The van der Waals surface area contributed by atoms with E-state index in [1.165, 1.54) is 16.0 Å². The summed E-state index contributed by atoms with van der Waals surface area (Å²) in [5.74, 6) is 0.596. The predicted molar refractivity (Wildman–Crippen MR) is 71.1 cm³/mol. The Labute approximate surface area is 101 Å². The quantitative estimate of drug-likeness (QED) is 0.739. The van der Waals surface area contributed by atoms with Crippen LogP contribution in [0.3, 0.4) is 0 Å². The Kier molecular flexibility index (Phi) is 3.10. The Morgan fingerprint density at radius 1 is 1.06 bits per heavy atom. The van der Waals surface area contributed by atoms with Gasteiger partial charge < -0.3 is 0 Å². The van der Waals surface area contributed by atoms with E-state index in [4.69, 9.17) is 0 Å². The lowest BCUT2D eigenvalue weighted by Gasteiger charge is -2.06. The smallest absolute Gasteiger partial charge is 0.0903 e. The van der Waals surface area contributed by atoms with E-state index in [2.05, 4.69) is 56.9 Å². The van der Waals surface area contributed by atoms with Gasteiger partial charge in [0, 0.05) is 0 Å². The maximum atomic E-state index is 4.46. The van der Waals surface area contributed by atoms with Crippen LogP contribution in [-0.2, 0) is 0 Å². The highest BCUT2D eigenvalue weighted by Gasteiger charge is 2.07. The molecule has 0 fully saturated rings. The van der Waals surface area contributed by atoms with Crippen molar-refractivity contribution in [3.05, 3.63) is 40.5 Å². The third-order valence-corrected chi connectivity index (χ3v) is 3.87. The Balaban J connectivity index is 2.38. The lowest BCUT2D eigenvalue weighted by Crippen LogP contribution is -1.86. The van der Waals surface area contributed by atoms with Gasteiger partial charge in [-0.3, -0.25) is 0 Å². The topological polar surface area (TPSA) is 12.9 Å². The fraction of sp³-hybridized carbons (Fsp3) is 0.357. The number of rotatable bonds is 2. The number of nitrogens with zero attached hydrogens (tertiary/aromatic N) is 1. The predicted octanol–water partition coefficient (Wildman–Crippen LogP) is 4.55. The van der Waals surface area contributed by atoms with Gasteiger partial charge in [0.2, 0.25) is 0 Å². The summed E-state index contributed by atoms with van der Waals surface area (Å²) in [6.45, 7) is 8.58. The molecule has 0 aliphatic rings. The van der Waals surface area contributed by atoms with Crippen molar-refractivity contribution < 1.29 is 0 Å². The minimum absolute atomic E-state index is 0.596. The van der Waals surface area contributed by atoms with Gasteiger partial charge in [0.25, 0.3) is 0 Å². The summed E-state index contributed by atoms with van der Waals surface area (Å²) in [7, 11) is 0. The molecule has 0 bridgehead atoms. The van der Waals surface area contributed by atoms with E-state index >= 15 is 0 Å². The average Bonchev–Trinajstić information content (AvgIpc) is 2.58. The lowest BCUT2D eigenvalue weighted by atomic mass is 10.0. The first kappa shape index (κ1) is 11.3.